The van der Waals surface area contributed by atoms with Gasteiger partial charge in [-0.1, -0.05) is 61.3 Å². The highest BCUT2D eigenvalue weighted by Crippen LogP contribution is 2.64. The zero-order valence-corrected chi connectivity index (χ0v) is 20.5. The van der Waals surface area contributed by atoms with Crippen LogP contribution >= 0.6 is 15.9 Å². The van der Waals surface area contributed by atoms with Gasteiger partial charge in [-0.05, 0) is 60.6 Å². The van der Waals surface area contributed by atoms with Crippen molar-refractivity contribution >= 4 is 32.8 Å². The third-order valence-electron chi connectivity index (χ3n) is 8.00. The summed E-state index contributed by atoms with van der Waals surface area (Å²) in [5.41, 5.74) is 6.81. The number of nitrogens with one attached hydrogen (secondary N) is 1. The number of aromatic amines is 1. The van der Waals surface area contributed by atoms with E-state index >= 15 is 0 Å². The van der Waals surface area contributed by atoms with Crippen molar-refractivity contribution in [3.8, 4) is 11.3 Å². The summed E-state index contributed by atoms with van der Waals surface area (Å²) in [7, 11) is 1.53. The first kappa shape index (κ1) is 20.8. The van der Waals surface area contributed by atoms with Crippen molar-refractivity contribution in [1.29, 1.82) is 0 Å². The van der Waals surface area contributed by atoms with Crippen molar-refractivity contribution < 1.29 is 9.53 Å². The predicted octanol–water partition coefficient (Wildman–Crippen LogP) is 7.44. The van der Waals surface area contributed by atoms with E-state index in [1.54, 1.807) is 0 Å². The van der Waals surface area contributed by atoms with Crippen LogP contribution in [0.3, 0.4) is 0 Å². The van der Waals surface area contributed by atoms with Crippen LogP contribution in [0.15, 0.2) is 40.9 Å². The standard InChI is InChI=1S/C27H30BrNO2/c1-15(2)17-13-18-19(14-20(17)28)26(3)11-8-12-27(4,25(30)31-5)24(26)22-16-9-6-7-10-21(16)29-23(18)22/h6-7,9-10,13-15,24,29H,8,11-12H2,1-5H3/t24?,26-,27?/m1/s1. The highest BCUT2D eigenvalue weighted by Gasteiger charge is 2.58. The Bertz CT molecular complexity index is 1210. The van der Waals surface area contributed by atoms with Crippen molar-refractivity contribution in [1.82, 2.24) is 4.98 Å². The summed E-state index contributed by atoms with van der Waals surface area (Å²) < 4.78 is 6.55. The summed E-state index contributed by atoms with van der Waals surface area (Å²) in [6.07, 6.45) is 2.92. The van der Waals surface area contributed by atoms with Gasteiger partial charge in [-0.3, -0.25) is 4.79 Å². The molecule has 1 heterocycles. The average molecular weight is 480 g/mol. The van der Waals surface area contributed by atoms with E-state index in [0.717, 1.165) is 29.3 Å². The van der Waals surface area contributed by atoms with E-state index in [2.05, 4.69) is 85.0 Å². The fourth-order valence-electron chi connectivity index (χ4n) is 6.58. The summed E-state index contributed by atoms with van der Waals surface area (Å²) in [6.45, 7) is 8.96. The minimum atomic E-state index is -0.567. The molecule has 0 spiro atoms. The number of benzene rings is 2. The third-order valence-corrected chi connectivity index (χ3v) is 8.68. The molecule has 162 valence electrons. The number of halogens is 1. The van der Waals surface area contributed by atoms with Crippen molar-refractivity contribution in [2.75, 3.05) is 7.11 Å². The number of ether oxygens (including phenoxy) is 1. The highest BCUT2D eigenvalue weighted by molar-refractivity contribution is 9.10. The minimum Gasteiger partial charge on any atom is -0.469 e. The van der Waals surface area contributed by atoms with Crippen LogP contribution in [0, 0.1) is 5.41 Å². The fraction of sp³-hybridized carbons (Fsp3) is 0.444. The lowest BCUT2D eigenvalue weighted by Gasteiger charge is -2.54. The van der Waals surface area contributed by atoms with Gasteiger partial charge in [0.25, 0.3) is 0 Å². The van der Waals surface area contributed by atoms with Crippen molar-refractivity contribution in [2.45, 2.75) is 64.2 Å². The number of para-hydroxylation sites is 1. The maximum Gasteiger partial charge on any atom is 0.312 e. The van der Waals surface area contributed by atoms with Crippen LogP contribution in [0.4, 0.5) is 0 Å². The molecule has 0 saturated heterocycles. The topological polar surface area (TPSA) is 42.1 Å². The molecule has 2 aliphatic rings. The van der Waals surface area contributed by atoms with Gasteiger partial charge in [-0.25, -0.2) is 0 Å². The van der Waals surface area contributed by atoms with Gasteiger partial charge in [-0.15, -0.1) is 0 Å². The van der Waals surface area contributed by atoms with E-state index < -0.39 is 5.41 Å². The zero-order valence-electron chi connectivity index (χ0n) is 18.9. The molecule has 3 atom stereocenters. The number of aromatic nitrogens is 1. The molecular formula is C27H30BrNO2. The Morgan fingerprint density at radius 2 is 1.94 bits per heavy atom. The molecule has 1 aromatic heterocycles. The second kappa shape index (κ2) is 6.96. The molecule has 1 fully saturated rings. The molecule has 0 radical (unpaired) electrons. The molecule has 31 heavy (non-hydrogen) atoms. The van der Waals surface area contributed by atoms with Gasteiger partial charge in [0.05, 0.1) is 18.2 Å². The molecule has 1 N–H and O–H groups in total. The predicted molar refractivity (Wildman–Crippen MR) is 130 cm³/mol. The van der Waals surface area contributed by atoms with Crippen molar-refractivity contribution in [3.63, 3.8) is 0 Å². The highest BCUT2D eigenvalue weighted by atomic mass is 79.9. The third kappa shape index (κ3) is 2.73. The first-order chi connectivity index (χ1) is 14.7. The summed E-state index contributed by atoms with van der Waals surface area (Å²) in [4.78, 5) is 17.0. The number of H-pyrrole nitrogens is 1. The molecule has 3 nitrogen and oxygen atoms in total. The number of rotatable bonds is 2. The number of carbonyl (C=O) groups excluding carboxylic acids is 1. The van der Waals surface area contributed by atoms with Gasteiger partial charge in [0.15, 0.2) is 0 Å². The Kier molecular flexibility index (Phi) is 4.68. The average Bonchev–Trinajstić information content (AvgIpc) is 3.12. The van der Waals surface area contributed by atoms with Gasteiger partial charge in [-0.2, -0.15) is 0 Å². The molecular weight excluding hydrogens is 450 g/mol. The molecule has 4 heteroatoms. The number of carbonyl (C=O) groups is 1. The number of fused-ring (bicyclic) bond motifs is 8. The van der Waals surface area contributed by atoms with E-state index in [9.17, 15) is 4.79 Å². The first-order valence-corrected chi connectivity index (χ1v) is 12.0. The summed E-state index contributed by atoms with van der Waals surface area (Å²) in [5.74, 6) is 0.377. The van der Waals surface area contributed by atoms with E-state index in [4.69, 9.17) is 4.74 Å². The maximum atomic E-state index is 13.2. The van der Waals surface area contributed by atoms with Crippen LogP contribution in [0.5, 0.6) is 0 Å². The van der Waals surface area contributed by atoms with Gasteiger partial charge in [0, 0.05) is 32.3 Å². The largest absolute Gasteiger partial charge is 0.469 e. The van der Waals surface area contributed by atoms with Gasteiger partial charge in [0.2, 0.25) is 0 Å². The Labute approximate surface area is 192 Å². The number of hydrogen-bond donors (Lipinski definition) is 1. The van der Waals surface area contributed by atoms with Crippen LogP contribution in [0.25, 0.3) is 22.2 Å². The Morgan fingerprint density at radius 3 is 2.65 bits per heavy atom. The molecule has 2 unspecified atom stereocenters. The molecule has 3 aromatic rings. The monoisotopic (exact) mass is 479 g/mol. The maximum absolute atomic E-state index is 13.2. The van der Waals surface area contributed by atoms with Gasteiger partial charge < -0.3 is 9.72 Å². The molecule has 0 bridgehead atoms. The van der Waals surface area contributed by atoms with E-state index in [1.165, 1.54) is 40.4 Å². The molecule has 2 aliphatic carbocycles. The SMILES string of the molecule is COC(=O)C1(C)CCC[C@]2(C)c3cc(Br)c(C(C)C)cc3-c3[nH]c4ccccc4c3C12. The molecule has 5 rings (SSSR count). The van der Waals surface area contributed by atoms with Crippen LogP contribution in [0.1, 0.15) is 75.5 Å². The normalized spacial score (nSPS) is 27.0. The summed E-state index contributed by atoms with van der Waals surface area (Å²) >= 11 is 3.86. The van der Waals surface area contributed by atoms with Gasteiger partial charge in [0.1, 0.15) is 0 Å². The summed E-state index contributed by atoms with van der Waals surface area (Å²) in [6, 6.07) is 13.2. The molecule has 0 amide bonds. The molecule has 2 aromatic carbocycles. The van der Waals surface area contributed by atoms with Crippen LogP contribution < -0.4 is 0 Å². The minimum absolute atomic E-state index is 0.0525. The lowest BCUT2D eigenvalue weighted by atomic mass is 9.49. The van der Waals surface area contributed by atoms with E-state index in [0.29, 0.717) is 5.92 Å². The van der Waals surface area contributed by atoms with Crippen LogP contribution in [0.2, 0.25) is 0 Å². The Morgan fingerprint density at radius 1 is 1.19 bits per heavy atom. The fourth-order valence-corrected chi connectivity index (χ4v) is 7.38. The Balaban J connectivity index is 1.91. The zero-order chi connectivity index (χ0) is 22.1. The van der Waals surface area contributed by atoms with Crippen LogP contribution in [-0.4, -0.2) is 18.1 Å². The van der Waals surface area contributed by atoms with E-state index in [1.807, 2.05) is 0 Å². The Hall–Kier alpha value is -2.07. The second-order valence-electron chi connectivity index (χ2n) is 10.1. The lowest BCUT2D eigenvalue weighted by molar-refractivity contribution is -0.157. The lowest BCUT2D eigenvalue weighted by Crippen LogP contribution is -2.50. The number of esters is 1. The second-order valence-corrected chi connectivity index (χ2v) is 11.0. The number of hydrogen-bond acceptors (Lipinski definition) is 2. The van der Waals surface area contributed by atoms with Crippen LogP contribution in [-0.2, 0) is 14.9 Å². The quantitative estimate of drug-likeness (QED) is 0.388. The number of methoxy groups -OCH3 is 1. The molecule has 0 aliphatic heterocycles. The van der Waals surface area contributed by atoms with Crippen molar-refractivity contribution in [3.05, 3.63) is 57.6 Å². The first-order valence-electron chi connectivity index (χ1n) is 11.3. The van der Waals surface area contributed by atoms with Crippen molar-refractivity contribution in [2.24, 2.45) is 5.41 Å². The summed E-state index contributed by atoms with van der Waals surface area (Å²) in [5, 5.41) is 1.23. The smallest absolute Gasteiger partial charge is 0.312 e. The van der Waals surface area contributed by atoms with Gasteiger partial charge >= 0.3 is 5.97 Å². The molecule has 1 saturated carbocycles. The van der Waals surface area contributed by atoms with E-state index in [-0.39, 0.29) is 17.3 Å².